The number of ketones is 1. The highest BCUT2D eigenvalue weighted by molar-refractivity contribution is 6.51. The smallest absolute Gasteiger partial charge is 0.300 e. The third kappa shape index (κ3) is 3.25. The van der Waals surface area contributed by atoms with Crippen LogP contribution in [0.25, 0.3) is 5.76 Å². The lowest BCUT2D eigenvalue weighted by atomic mass is 9.99. The summed E-state index contributed by atoms with van der Waals surface area (Å²) in [6.45, 7) is 1.77. The lowest BCUT2D eigenvalue weighted by molar-refractivity contribution is -0.132. The molecule has 1 unspecified atom stereocenters. The van der Waals surface area contributed by atoms with Crippen LogP contribution >= 0.6 is 11.6 Å². The van der Waals surface area contributed by atoms with Gasteiger partial charge < -0.3 is 14.3 Å². The molecule has 0 saturated carbocycles. The quantitative estimate of drug-likeness (QED) is 0.367. The fourth-order valence-corrected chi connectivity index (χ4v) is 3.78. The second kappa shape index (κ2) is 7.72. The number of aliphatic hydroxyl groups is 1. The lowest BCUT2D eigenvalue weighted by Crippen LogP contribution is -2.29. The highest BCUT2D eigenvalue weighted by atomic mass is 35.5. The third-order valence-electron chi connectivity index (χ3n) is 4.93. The number of anilines is 1. The van der Waals surface area contributed by atoms with Gasteiger partial charge in [0.25, 0.3) is 11.7 Å². The van der Waals surface area contributed by atoms with E-state index in [9.17, 15) is 14.7 Å². The Morgan fingerprint density at radius 1 is 1.10 bits per heavy atom. The number of aliphatic hydroxyl groups excluding tert-OH is 1. The third-order valence-corrected chi connectivity index (χ3v) is 5.23. The summed E-state index contributed by atoms with van der Waals surface area (Å²) in [5, 5.41) is 11.3. The van der Waals surface area contributed by atoms with Gasteiger partial charge in [0.15, 0.2) is 0 Å². The number of hydrogen-bond donors (Lipinski definition) is 1. The normalized spacial score (nSPS) is 18.1. The molecule has 1 amide bonds. The number of hydrogen-bond acceptors (Lipinski definition) is 5. The number of nitrogens with zero attached hydrogens (tertiary/aromatic N) is 1. The molecule has 1 N–H and O–H groups in total. The van der Waals surface area contributed by atoms with Crippen molar-refractivity contribution in [3.05, 3.63) is 88.3 Å². The largest absolute Gasteiger partial charge is 0.507 e. The Hall–Kier alpha value is -3.51. The van der Waals surface area contributed by atoms with Gasteiger partial charge >= 0.3 is 0 Å². The van der Waals surface area contributed by atoms with Gasteiger partial charge in [0.2, 0.25) is 0 Å². The number of ether oxygens (including phenoxy) is 1. The molecular weight excluding hydrogens is 406 g/mol. The average molecular weight is 424 g/mol. The zero-order chi connectivity index (χ0) is 21.4. The first-order valence-corrected chi connectivity index (χ1v) is 9.56. The molecule has 1 atom stereocenters. The van der Waals surface area contributed by atoms with E-state index in [1.54, 1.807) is 55.5 Å². The van der Waals surface area contributed by atoms with E-state index >= 15 is 0 Å². The molecule has 1 fully saturated rings. The van der Waals surface area contributed by atoms with Crippen LogP contribution in [-0.4, -0.2) is 23.9 Å². The van der Waals surface area contributed by atoms with E-state index in [2.05, 4.69) is 0 Å². The molecule has 0 spiro atoms. The summed E-state index contributed by atoms with van der Waals surface area (Å²) in [5.74, 6) is -0.469. The second-order valence-corrected chi connectivity index (χ2v) is 7.21. The predicted molar refractivity (Wildman–Crippen MR) is 113 cm³/mol. The first-order chi connectivity index (χ1) is 14.4. The minimum absolute atomic E-state index is 0.0700. The molecule has 0 aliphatic carbocycles. The van der Waals surface area contributed by atoms with Crippen molar-refractivity contribution in [3.8, 4) is 5.75 Å². The zero-order valence-corrected chi connectivity index (χ0v) is 17.0. The molecule has 6 nitrogen and oxygen atoms in total. The van der Waals surface area contributed by atoms with Crippen molar-refractivity contribution in [1.82, 2.24) is 0 Å². The standard InChI is InChI=1S/C23H18ClNO5/c1-13-8-10-18(30-13)20-19(21(26)14-9-11-17(29-2)16(24)12-14)22(27)23(28)25(20)15-6-4-3-5-7-15/h3-12,20,26H,1-2H3/b21-19-. The van der Waals surface area contributed by atoms with Crippen molar-refractivity contribution in [2.45, 2.75) is 13.0 Å². The number of furan rings is 1. The summed E-state index contributed by atoms with van der Waals surface area (Å²) < 4.78 is 10.9. The maximum atomic E-state index is 13.0. The van der Waals surface area contributed by atoms with Gasteiger partial charge in [-0.2, -0.15) is 0 Å². The summed E-state index contributed by atoms with van der Waals surface area (Å²) in [6, 6.07) is 15.9. The highest BCUT2D eigenvalue weighted by Crippen LogP contribution is 2.43. The summed E-state index contributed by atoms with van der Waals surface area (Å²) in [6.07, 6.45) is 0. The fraction of sp³-hybridized carbons (Fsp3) is 0.130. The average Bonchev–Trinajstić information content (AvgIpc) is 3.29. The van der Waals surface area contributed by atoms with Crippen molar-refractivity contribution in [1.29, 1.82) is 0 Å². The first-order valence-electron chi connectivity index (χ1n) is 9.18. The van der Waals surface area contributed by atoms with E-state index in [0.717, 1.165) is 0 Å². The van der Waals surface area contributed by atoms with E-state index in [0.29, 0.717) is 28.5 Å². The van der Waals surface area contributed by atoms with Crippen LogP contribution in [0.1, 0.15) is 23.1 Å². The molecule has 4 rings (SSSR count). The maximum Gasteiger partial charge on any atom is 0.300 e. The van der Waals surface area contributed by atoms with Crippen LogP contribution in [0, 0.1) is 6.92 Å². The van der Waals surface area contributed by atoms with Crippen molar-refractivity contribution < 1.29 is 23.8 Å². The van der Waals surface area contributed by atoms with Gasteiger partial charge in [-0.3, -0.25) is 14.5 Å². The van der Waals surface area contributed by atoms with Gasteiger partial charge in [-0.05, 0) is 49.4 Å². The number of Topliss-reactive ketones (excluding diaryl/α,β-unsaturated/α-hetero) is 1. The van der Waals surface area contributed by atoms with Gasteiger partial charge in [0.1, 0.15) is 29.1 Å². The van der Waals surface area contributed by atoms with Gasteiger partial charge in [-0.15, -0.1) is 0 Å². The number of para-hydroxylation sites is 1. The van der Waals surface area contributed by atoms with Crippen molar-refractivity contribution in [2.75, 3.05) is 12.0 Å². The van der Waals surface area contributed by atoms with Crippen LogP contribution in [0.3, 0.4) is 0 Å². The van der Waals surface area contributed by atoms with Crippen molar-refractivity contribution >= 4 is 34.7 Å². The number of halogens is 1. The highest BCUT2D eigenvalue weighted by Gasteiger charge is 2.48. The summed E-state index contributed by atoms with van der Waals surface area (Å²) in [5.41, 5.74) is 0.741. The Bertz CT molecular complexity index is 1170. The monoisotopic (exact) mass is 423 g/mol. The molecule has 152 valence electrons. The Morgan fingerprint density at radius 3 is 2.43 bits per heavy atom. The van der Waals surface area contributed by atoms with Crippen LogP contribution in [0.5, 0.6) is 5.75 Å². The number of aryl methyl sites for hydroxylation is 1. The maximum absolute atomic E-state index is 13.0. The molecule has 3 aromatic rings. The van der Waals surface area contributed by atoms with E-state index in [4.69, 9.17) is 20.8 Å². The molecule has 1 aromatic heterocycles. The molecular formula is C23H18ClNO5. The zero-order valence-electron chi connectivity index (χ0n) is 16.3. The number of methoxy groups -OCH3 is 1. The van der Waals surface area contributed by atoms with Crippen LogP contribution < -0.4 is 9.64 Å². The predicted octanol–water partition coefficient (Wildman–Crippen LogP) is 4.88. The molecule has 1 aliphatic heterocycles. The Balaban J connectivity index is 1.92. The van der Waals surface area contributed by atoms with E-state index in [-0.39, 0.29) is 16.4 Å². The van der Waals surface area contributed by atoms with Crippen LogP contribution in [0.4, 0.5) is 5.69 Å². The summed E-state index contributed by atoms with van der Waals surface area (Å²) >= 11 is 6.19. The van der Waals surface area contributed by atoms with E-state index < -0.39 is 17.7 Å². The number of benzene rings is 2. The van der Waals surface area contributed by atoms with Gasteiger partial charge in [0, 0.05) is 11.3 Å². The number of carbonyl (C=O) groups excluding carboxylic acids is 2. The lowest BCUT2D eigenvalue weighted by Gasteiger charge is -2.23. The Labute approximate surface area is 177 Å². The molecule has 7 heteroatoms. The number of carbonyl (C=O) groups is 2. The minimum Gasteiger partial charge on any atom is -0.507 e. The van der Waals surface area contributed by atoms with Crippen LogP contribution in [0.2, 0.25) is 5.02 Å². The summed E-state index contributed by atoms with van der Waals surface area (Å²) in [7, 11) is 1.48. The molecule has 0 bridgehead atoms. The topological polar surface area (TPSA) is 80.0 Å². The molecule has 1 aliphatic rings. The second-order valence-electron chi connectivity index (χ2n) is 6.80. The molecule has 1 saturated heterocycles. The van der Waals surface area contributed by atoms with E-state index in [1.165, 1.54) is 18.1 Å². The molecule has 0 radical (unpaired) electrons. The Kier molecular flexibility index (Phi) is 5.10. The van der Waals surface area contributed by atoms with Gasteiger partial charge in [0.05, 0.1) is 17.7 Å². The van der Waals surface area contributed by atoms with Crippen molar-refractivity contribution in [2.24, 2.45) is 0 Å². The van der Waals surface area contributed by atoms with Crippen LogP contribution in [-0.2, 0) is 9.59 Å². The minimum atomic E-state index is -0.915. The molecule has 30 heavy (non-hydrogen) atoms. The summed E-state index contributed by atoms with van der Waals surface area (Å²) in [4.78, 5) is 27.3. The molecule has 2 heterocycles. The van der Waals surface area contributed by atoms with Crippen molar-refractivity contribution in [3.63, 3.8) is 0 Å². The fourth-order valence-electron chi connectivity index (χ4n) is 3.53. The van der Waals surface area contributed by atoms with Crippen LogP contribution in [0.15, 0.2) is 70.7 Å². The van der Waals surface area contributed by atoms with E-state index in [1.807, 2.05) is 6.07 Å². The van der Waals surface area contributed by atoms with Gasteiger partial charge in [-0.1, -0.05) is 29.8 Å². The first kappa shape index (κ1) is 19.8. The van der Waals surface area contributed by atoms with Gasteiger partial charge in [-0.25, -0.2) is 0 Å². The number of amides is 1. The SMILES string of the molecule is COc1ccc(/C(O)=C2/C(=O)C(=O)N(c3ccccc3)C2c2ccc(C)o2)cc1Cl. The number of rotatable bonds is 4. The molecule has 2 aromatic carbocycles. The Morgan fingerprint density at radius 2 is 1.83 bits per heavy atom.